The number of fused-ring (bicyclic) bond motifs is 5. The van der Waals surface area contributed by atoms with Gasteiger partial charge in [-0.25, -0.2) is 0 Å². The van der Waals surface area contributed by atoms with Gasteiger partial charge in [0.05, 0.1) is 13.2 Å². The number of carboxylic acid groups (broad SMARTS) is 1. The fourth-order valence-corrected chi connectivity index (χ4v) is 8.85. The van der Waals surface area contributed by atoms with Crippen molar-refractivity contribution in [3.05, 3.63) is 0 Å². The molecule has 8 atom stereocenters. The molecule has 5 aliphatic rings. The molecule has 0 unspecified atom stereocenters. The topological polar surface area (TPSA) is 92.7 Å². The number of rotatable bonds is 4. The van der Waals surface area contributed by atoms with E-state index in [1.165, 1.54) is 0 Å². The first-order valence-electron chi connectivity index (χ1n) is 12.6. The van der Waals surface area contributed by atoms with Gasteiger partial charge in [0, 0.05) is 43.0 Å². The Labute approximate surface area is 190 Å². The van der Waals surface area contributed by atoms with Crippen LogP contribution < -0.4 is 5.11 Å². The SMILES string of the molecule is C[C@@H](CCC(=O)[O-])[C@H]1CC[C@H]2[C@H]3C(=O)C[C@@H]4CC5(CC[C@]4(C)[C@H]3CC(=O)[C@]12C)OCCO5. The third kappa shape index (κ3) is 3.15. The molecule has 6 nitrogen and oxygen atoms in total. The van der Waals surface area contributed by atoms with Crippen LogP contribution in [0, 0.1) is 46.3 Å². The number of hydrogen-bond donors (Lipinski definition) is 0. The van der Waals surface area contributed by atoms with Crippen LogP contribution in [0.2, 0.25) is 0 Å². The lowest BCUT2D eigenvalue weighted by Crippen LogP contribution is -2.61. The van der Waals surface area contributed by atoms with E-state index in [2.05, 4.69) is 20.8 Å². The molecule has 32 heavy (non-hydrogen) atoms. The molecule has 1 aliphatic heterocycles. The zero-order chi connectivity index (χ0) is 22.9. The minimum absolute atomic E-state index is 0.0310. The molecule has 0 amide bonds. The van der Waals surface area contributed by atoms with Crippen molar-refractivity contribution in [1.29, 1.82) is 0 Å². The number of Topliss-reactive ketones (excluding diaryl/α,β-unsaturated/α-hetero) is 2. The summed E-state index contributed by atoms with van der Waals surface area (Å²) in [6.45, 7) is 7.72. The summed E-state index contributed by atoms with van der Waals surface area (Å²) in [6.07, 6.45) is 5.96. The maximum atomic E-state index is 13.8. The highest BCUT2D eigenvalue weighted by Crippen LogP contribution is 2.67. The Morgan fingerprint density at radius 1 is 1.09 bits per heavy atom. The third-order valence-corrected chi connectivity index (χ3v) is 10.7. The summed E-state index contributed by atoms with van der Waals surface area (Å²) in [5, 5.41) is 11.0. The van der Waals surface area contributed by atoms with Gasteiger partial charge >= 0.3 is 0 Å². The summed E-state index contributed by atoms with van der Waals surface area (Å²) in [4.78, 5) is 38.4. The molecule has 4 saturated carbocycles. The van der Waals surface area contributed by atoms with Crippen LogP contribution in [-0.2, 0) is 23.9 Å². The minimum Gasteiger partial charge on any atom is -0.550 e. The summed E-state index contributed by atoms with van der Waals surface area (Å²) < 4.78 is 12.0. The van der Waals surface area contributed by atoms with Crippen molar-refractivity contribution in [3.63, 3.8) is 0 Å². The van der Waals surface area contributed by atoms with E-state index in [0.29, 0.717) is 44.0 Å². The molecule has 178 valence electrons. The van der Waals surface area contributed by atoms with E-state index in [1.807, 2.05) is 0 Å². The van der Waals surface area contributed by atoms with E-state index in [9.17, 15) is 19.5 Å². The van der Waals surface area contributed by atoms with E-state index >= 15 is 0 Å². The highest BCUT2D eigenvalue weighted by molar-refractivity contribution is 5.92. The Bertz CT molecular complexity index is 815. The number of ether oxygens (including phenoxy) is 2. The second-order valence-corrected chi connectivity index (χ2v) is 11.9. The highest BCUT2D eigenvalue weighted by Gasteiger charge is 2.67. The molecule has 0 aromatic heterocycles. The minimum atomic E-state index is -1.03. The second kappa shape index (κ2) is 7.63. The number of carbonyl (C=O) groups excluding carboxylic acids is 3. The van der Waals surface area contributed by atoms with Crippen molar-refractivity contribution in [2.75, 3.05) is 13.2 Å². The molecular weight excluding hydrogens is 408 g/mol. The maximum absolute atomic E-state index is 13.8. The molecule has 6 heteroatoms. The highest BCUT2D eigenvalue weighted by atomic mass is 16.7. The summed E-state index contributed by atoms with van der Waals surface area (Å²) in [6, 6.07) is 0. The number of ketones is 2. The molecule has 5 rings (SSSR count). The molecule has 1 spiro atoms. The van der Waals surface area contributed by atoms with E-state index in [-0.39, 0.29) is 47.3 Å². The Morgan fingerprint density at radius 2 is 1.81 bits per heavy atom. The van der Waals surface area contributed by atoms with Crippen LogP contribution in [0.25, 0.3) is 0 Å². The zero-order valence-electron chi connectivity index (χ0n) is 19.7. The van der Waals surface area contributed by atoms with Gasteiger partial charge in [-0.05, 0) is 67.1 Å². The fourth-order valence-electron chi connectivity index (χ4n) is 8.85. The molecule has 0 aromatic rings. The van der Waals surface area contributed by atoms with Crippen molar-refractivity contribution in [3.8, 4) is 0 Å². The number of carbonyl (C=O) groups is 3. The van der Waals surface area contributed by atoms with E-state index < -0.39 is 17.2 Å². The van der Waals surface area contributed by atoms with Crippen molar-refractivity contribution >= 4 is 17.5 Å². The smallest absolute Gasteiger partial charge is 0.168 e. The van der Waals surface area contributed by atoms with Gasteiger partial charge in [-0.15, -0.1) is 0 Å². The normalized spacial score (nSPS) is 45.9. The summed E-state index contributed by atoms with van der Waals surface area (Å²) in [7, 11) is 0. The van der Waals surface area contributed by atoms with E-state index in [1.54, 1.807) is 0 Å². The molecule has 4 aliphatic carbocycles. The van der Waals surface area contributed by atoms with Crippen LogP contribution in [-0.4, -0.2) is 36.5 Å². The van der Waals surface area contributed by atoms with Crippen LogP contribution in [0.1, 0.15) is 78.6 Å². The van der Waals surface area contributed by atoms with E-state index in [4.69, 9.17) is 9.47 Å². The number of hydrogen-bond acceptors (Lipinski definition) is 6. The first-order valence-corrected chi connectivity index (χ1v) is 12.6. The molecular formula is C26H37O6-. The molecule has 0 aromatic carbocycles. The molecule has 1 saturated heterocycles. The van der Waals surface area contributed by atoms with Gasteiger partial charge in [-0.1, -0.05) is 20.8 Å². The van der Waals surface area contributed by atoms with Gasteiger partial charge in [-0.3, -0.25) is 9.59 Å². The predicted molar refractivity (Wildman–Crippen MR) is 114 cm³/mol. The number of aliphatic carboxylic acids is 1. The van der Waals surface area contributed by atoms with E-state index in [0.717, 1.165) is 32.1 Å². The summed E-state index contributed by atoms with van der Waals surface area (Å²) >= 11 is 0. The maximum Gasteiger partial charge on any atom is 0.168 e. The average molecular weight is 446 g/mol. The monoisotopic (exact) mass is 445 g/mol. The first kappa shape index (κ1) is 22.5. The van der Waals surface area contributed by atoms with Crippen LogP contribution in [0.15, 0.2) is 0 Å². The quantitative estimate of drug-likeness (QED) is 0.661. The fraction of sp³-hybridized carbons (Fsp3) is 0.885. The Morgan fingerprint density at radius 3 is 2.50 bits per heavy atom. The van der Waals surface area contributed by atoms with Crippen molar-refractivity contribution in [1.82, 2.24) is 0 Å². The van der Waals surface area contributed by atoms with Crippen LogP contribution in [0.5, 0.6) is 0 Å². The van der Waals surface area contributed by atoms with Gasteiger partial charge < -0.3 is 19.4 Å². The summed E-state index contributed by atoms with van der Waals surface area (Å²) in [5.74, 6) is -0.273. The Kier molecular flexibility index (Phi) is 5.37. The standard InChI is InChI=1S/C26H38O6/c1-15(4-7-22(29)30)17-5-6-18-23-19(13-21(28)25(17,18)3)24(2)8-9-26(31-10-11-32-26)14-16(24)12-20(23)27/h15-19,23H,4-14H2,1-3H3,(H,29,30)/p-1/t15-,16+,17+,18-,19-,23+,24-,25+/m0/s1. The third-order valence-electron chi connectivity index (χ3n) is 10.7. The average Bonchev–Trinajstić information content (AvgIpc) is 3.34. The van der Waals surface area contributed by atoms with Gasteiger partial charge in [-0.2, -0.15) is 0 Å². The molecule has 0 N–H and O–H groups in total. The predicted octanol–water partition coefficient (Wildman–Crippen LogP) is 2.91. The lowest BCUT2D eigenvalue weighted by atomic mass is 9.43. The van der Waals surface area contributed by atoms with Crippen LogP contribution >= 0.6 is 0 Å². The Balaban J connectivity index is 1.41. The van der Waals surface area contributed by atoms with Crippen LogP contribution in [0.4, 0.5) is 0 Å². The lowest BCUT2D eigenvalue weighted by Gasteiger charge is -2.60. The first-order chi connectivity index (χ1) is 15.1. The number of carboxylic acids is 1. The lowest BCUT2D eigenvalue weighted by molar-refractivity contribution is -0.306. The van der Waals surface area contributed by atoms with Crippen molar-refractivity contribution in [2.45, 2.75) is 84.3 Å². The Hall–Kier alpha value is -1.27. The summed E-state index contributed by atoms with van der Waals surface area (Å²) in [5.41, 5.74) is -0.548. The second-order valence-electron chi connectivity index (χ2n) is 11.9. The van der Waals surface area contributed by atoms with Crippen molar-refractivity contribution < 1.29 is 29.0 Å². The molecule has 1 heterocycles. The zero-order valence-corrected chi connectivity index (χ0v) is 19.7. The van der Waals surface area contributed by atoms with Gasteiger partial charge in [0.1, 0.15) is 11.6 Å². The largest absolute Gasteiger partial charge is 0.550 e. The molecule has 0 bridgehead atoms. The molecule has 5 fully saturated rings. The van der Waals surface area contributed by atoms with Gasteiger partial charge in [0.25, 0.3) is 0 Å². The molecule has 0 radical (unpaired) electrons. The van der Waals surface area contributed by atoms with Crippen LogP contribution in [0.3, 0.4) is 0 Å². The van der Waals surface area contributed by atoms with Gasteiger partial charge in [0.2, 0.25) is 0 Å². The van der Waals surface area contributed by atoms with Gasteiger partial charge in [0.15, 0.2) is 5.79 Å². The van der Waals surface area contributed by atoms with Crippen molar-refractivity contribution in [2.24, 2.45) is 46.3 Å².